The molecule has 0 aromatic heterocycles. The lowest BCUT2D eigenvalue weighted by Crippen LogP contribution is -2.58. The first-order valence-electron chi connectivity index (χ1n) is 7.24. The summed E-state index contributed by atoms with van der Waals surface area (Å²) >= 11 is 0. The molecule has 0 heterocycles. The summed E-state index contributed by atoms with van der Waals surface area (Å²) in [6.45, 7) is 9.96. The lowest BCUT2D eigenvalue weighted by Gasteiger charge is -2.30. The van der Waals surface area contributed by atoms with Crippen molar-refractivity contribution < 1.29 is 13.3 Å². The molecular weight excluding hydrogens is 256 g/mol. The average Bonchev–Trinajstić information content (AvgIpc) is 2.40. The topological polar surface area (TPSA) is 27.7 Å². The van der Waals surface area contributed by atoms with Gasteiger partial charge < -0.3 is 13.3 Å². The van der Waals surface area contributed by atoms with Crippen LogP contribution in [0.3, 0.4) is 0 Å². The minimum atomic E-state index is -2.75. The first-order chi connectivity index (χ1) is 9.24. The summed E-state index contributed by atoms with van der Waals surface area (Å²) in [5, 5.41) is 1.13. The van der Waals surface area contributed by atoms with Crippen LogP contribution in [0.15, 0.2) is 24.3 Å². The van der Waals surface area contributed by atoms with Crippen molar-refractivity contribution in [1.82, 2.24) is 0 Å². The Morgan fingerprint density at radius 3 is 1.84 bits per heavy atom. The molecule has 0 bridgehead atoms. The Labute approximate surface area is 118 Å². The predicted octanol–water partition coefficient (Wildman–Crippen LogP) is 2.89. The van der Waals surface area contributed by atoms with Gasteiger partial charge in [-0.1, -0.05) is 37.6 Å². The summed E-state index contributed by atoms with van der Waals surface area (Å²) in [6.07, 6.45) is 2.13. The highest BCUT2D eigenvalue weighted by Gasteiger charge is 2.44. The highest BCUT2D eigenvalue weighted by atomic mass is 28.4. The molecule has 0 saturated heterocycles. The van der Waals surface area contributed by atoms with Crippen LogP contribution in [0.25, 0.3) is 0 Å². The summed E-state index contributed by atoms with van der Waals surface area (Å²) in [4.78, 5) is 0. The number of aryl methyl sites for hydroxylation is 1. The number of rotatable bonds is 9. The Balaban J connectivity index is 3.20. The highest BCUT2D eigenvalue weighted by molar-refractivity contribution is 6.75. The van der Waals surface area contributed by atoms with Gasteiger partial charge in [-0.05, 0) is 32.8 Å². The maximum absolute atomic E-state index is 5.98. The summed E-state index contributed by atoms with van der Waals surface area (Å²) in [6, 6.07) is 8.35. The molecule has 4 heteroatoms. The molecule has 108 valence electrons. The van der Waals surface area contributed by atoms with E-state index in [9.17, 15) is 0 Å². The molecule has 0 N–H and O–H groups in total. The predicted molar refractivity (Wildman–Crippen MR) is 80.7 cm³/mol. The Morgan fingerprint density at radius 2 is 1.37 bits per heavy atom. The van der Waals surface area contributed by atoms with Gasteiger partial charge in [0.15, 0.2) is 0 Å². The molecule has 0 aliphatic carbocycles. The van der Waals surface area contributed by atoms with Crippen molar-refractivity contribution in [3.8, 4) is 0 Å². The van der Waals surface area contributed by atoms with Gasteiger partial charge in [0.05, 0.1) is 0 Å². The van der Waals surface area contributed by atoms with Crippen LogP contribution in [0.5, 0.6) is 0 Å². The lowest BCUT2D eigenvalue weighted by molar-refractivity contribution is 0.0857. The molecule has 0 amide bonds. The van der Waals surface area contributed by atoms with E-state index in [1.54, 1.807) is 0 Å². The number of hydrogen-bond acceptors (Lipinski definition) is 3. The SMILES string of the molecule is CCCc1ccccc1[Si](OCC)(OCC)OCC. The van der Waals surface area contributed by atoms with Crippen LogP contribution in [0.1, 0.15) is 39.7 Å². The Bertz CT molecular complexity index is 351. The average molecular weight is 282 g/mol. The van der Waals surface area contributed by atoms with Gasteiger partial charge in [-0.2, -0.15) is 0 Å². The third-order valence-corrected chi connectivity index (χ3v) is 6.02. The van der Waals surface area contributed by atoms with Crippen LogP contribution >= 0.6 is 0 Å². The van der Waals surface area contributed by atoms with Crippen LogP contribution in [0.2, 0.25) is 0 Å². The van der Waals surface area contributed by atoms with Gasteiger partial charge >= 0.3 is 8.80 Å². The largest absolute Gasteiger partial charge is 0.537 e. The van der Waals surface area contributed by atoms with Crippen LogP contribution < -0.4 is 5.19 Å². The van der Waals surface area contributed by atoms with Gasteiger partial charge in [-0.3, -0.25) is 0 Å². The molecular formula is C15H26O3Si. The van der Waals surface area contributed by atoms with Gasteiger partial charge in [0.1, 0.15) is 0 Å². The Morgan fingerprint density at radius 1 is 0.842 bits per heavy atom. The zero-order valence-corrected chi connectivity index (χ0v) is 13.6. The van der Waals surface area contributed by atoms with Crippen LogP contribution in [0, 0.1) is 0 Å². The minimum absolute atomic E-state index is 0.604. The van der Waals surface area contributed by atoms with Gasteiger partial charge in [-0.25, -0.2) is 0 Å². The van der Waals surface area contributed by atoms with E-state index in [1.807, 2.05) is 26.8 Å². The third kappa shape index (κ3) is 4.14. The zero-order valence-electron chi connectivity index (χ0n) is 12.6. The molecule has 0 atom stereocenters. The zero-order chi connectivity index (χ0) is 14.1. The van der Waals surface area contributed by atoms with E-state index in [0.29, 0.717) is 19.8 Å². The third-order valence-electron chi connectivity index (χ3n) is 2.87. The van der Waals surface area contributed by atoms with E-state index in [-0.39, 0.29) is 0 Å². The molecule has 0 spiro atoms. The van der Waals surface area contributed by atoms with Crippen molar-refractivity contribution >= 4 is 14.0 Å². The van der Waals surface area contributed by atoms with E-state index in [2.05, 4.69) is 25.1 Å². The minimum Gasteiger partial charge on any atom is -0.370 e. The maximum Gasteiger partial charge on any atom is 0.537 e. The van der Waals surface area contributed by atoms with Gasteiger partial charge in [-0.15, -0.1) is 0 Å². The van der Waals surface area contributed by atoms with Crippen molar-refractivity contribution in [2.24, 2.45) is 0 Å². The second-order valence-corrected chi connectivity index (χ2v) is 6.78. The van der Waals surface area contributed by atoms with Gasteiger partial charge in [0, 0.05) is 25.0 Å². The molecule has 3 nitrogen and oxygen atoms in total. The van der Waals surface area contributed by atoms with Crippen molar-refractivity contribution in [3.05, 3.63) is 29.8 Å². The van der Waals surface area contributed by atoms with Crippen LogP contribution in [0.4, 0.5) is 0 Å². The first-order valence-corrected chi connectivity index (χ1v) is 8.96. The summed E-state index contributed by atoms with van der Waals surface area (Å²) in [5.74, 6) is 0. The van der Waals surface area contributed by atoms with E-state index < -0.39 is 8.80 Å². The number of benzene rings is 1. The van der Waals surface area contributed by atoms with Crippen molar-refractivity contribution in [1.29, 1.82) is 0 Å². The lowest BCUT2D eigenvalue weighted by atomic mass is 10.1. The van der Waals surface area contributed by atoms with Crippen LogP contribution in [-0.2, 0) is 19.7 Å². The first kappa shape index (κ1) is 16.4. The van der Waals surface area contributed by atoms with Gasteiger partial charge in [0.2, 0.25) is 0 Å². The smallest absolute Gasteiger partial charge is 0.370 e. The number of hydrogen-bond donors (Lipinski definition) is 0. The fourth-order valence-electron chi connectivity index (χ4n) is 2.23. The quantitative estimate of drug-likeness (QED) is 0.652. The molecule has 0 aliphatic rings. The summed E-state index contributed by atoms with van der Waals surface area (Å²) in [7, 11) is -2.75. The molecule has 1 aromatic carbocycles. The van der Waals surface area contributed by atoms with Crippen molar-refractivity contribution in [3.63, 3.8) is 0 Å². The van der Waals surface area contributed by atoms with Crippen LogP contribution in [-0.4, -0.2) is 28.6 Å². The fraction of sp³-hybridized carbons (Fsp3) is 0.600. The summed E-state index contributed by atoms with van der Waals surface area (Å²) in [5.41, 5.74) is 1.28. The van der Waals surface area contributed by atoms with E-state index >= 15 is 0 Å². The maximum atomic E-state index is 5.98. The molecule has 1 rings (SSSR count). The summed E-state index contributed by atoms with van der Waals surface area (Å²) < 4.78 is 17.9. The molecule has 0 radical (unpaired) electrons. The normalized spacial score (nSPS) is 11.8. The highest BCUT2D eigenvalue weighted by Crippen LogP contribution is 2.14. The molecule has 0 fully saturated rings. The molecule has 0 unspecified atom stereocenters. The Hall–Kier alpha value is -0.683. The molecule has 0 aliphatic heterocycles. The van der Waals surface area contributed by atoms with Crippen molar-refractivity contribution in [2.45, 2.75) is 40.5 Å². The molecule has 1 aromatic rings. The fourth-order valence-corrected chi connectivity index (χ4v) is 4.99. The standard InChI is InChI=1S/C15H26O3Si/c1-5-11-14-12-9-10-13-15(14)19(16-6-2,17-7-3)18-8-4/h9-10,12-13H,5-8,11H2,1-4H3. The van der Waals surface area contributed by atoms with Gasteiger partial charge in [0.25, 0.3) is 0 Å². The van der Waals surface area contributed by atoms with E-state index in [0.717, 1.165) is 18.0 Å². The second kappa shape index (κ2) is 8.48. The van der Waals surface area contributed by atoms with E-state index in [1.165, 1.54) is 5.56 Å². The van der Waals surface area contributed by atoms with Crippen molar-refractivity contribution in [2.75, 3.05) is 19.8 Å². The monoisotopic (exact) mass is 282 g/mol. The van der Waals surface area contributed by atoms with E-state index in [4.69, 9.17) is 13.3 Å². The second-order valence-electron chi connectivity index (χ2n) is 4.26. The molecule has 0 saturated carbocycles. The Kier molecular flexibility index (Phi) is 7.31. The molecule has 19 heavy (non-hydrogen) atoms.